The summed E-state index contributed by atoms with van der Waals surface area (Å²) in [6.45, 7) is 4.73. The summed E-state index contributed by atoms with van der Waals surface area (Å²) >= 11 is 0. The predicted molar refractivity (Wildman–Crippen MR) is 53.3 cm³/mol. The van der Waals surface area contributed by atoms with E-state index in [1.807, 2.05) is 0 Å². The van der Waals surface area contributed by atoms with Crippen molar-refractivity contribution < 1.29 is 0 Å². The van der Waals surface area contributed by atoms with Gasteiger partial charge in [-0.1, -0.05) is 31.2 Å². The minimum atomic E-state index is 0.882. The summed E-state index contributed by atoms with van der Waals surface area (Å²) in [5, 5.41) is 0. The van der Waals surface area contributed by atoms with Crippen LogP contribution in [0.15, 0.2) is 24.3 Å². The van der Waals surface area contributed by atoms with Gasteiger partial charge in [-0.3, -0.25) is 4.90 Å². The average molecular weight is 173 g/mol. The largest absolute Gasteiger partial charge is 0.292 e. The van der Waals surface area contributed by atoms with Crippen LogP contribution in [0.1, 0.15) is 24.5 Å². The molecule has 1 fully saturated rings. The highest BCUT2D eigenvalue weighted by Gasteiger charge is 2.39. The molecule has 1 heterocycles. The molecule has 0 amide bonds. The molecular formula is C12H15N. The Labute approximate surface area is 79.4 Å². The summed E-state index contributed by atoms with van der Waals surface area (Å²) in [6, 6.07) is 9.72. The van der Waals surface area contributed by atoms with Gasteiger partial charge in [0.15, 0.2) is 0 Å². The summed E-state index contributed by atoms with van der Waals surface area (Å²) < 4.78 is 0. The Hall–Kier alpha value is -0.820. The van der Waals surface area contributed by atoms with E-state index >= 15 is 0 Å². The van der Waals surface area contributed by atoms with Crippen molar-refractivity contribution in [3.63, 3.8) is 0 Å². The van der Waals surface area contributed by atoms with Crippen LogP contribution in [0.25, 0.3) is 0 Å². The number of nitrogens with zero attached hydrogens (tertiary/aromatic N) is 1. The van der Waals surface area contributed by atoms with Crippen LogP contribution in [0.3, 0.4) is 0 Å². The second-order valence-electron chi connectivity index (χ2n) is 4.45. The van der Waals surface area contributed by atoms with Gasteiger partial charge in [0.2, 0.25) is 0 Å². The molecule has 13 heavy (non-hydrogen) atoms. The van der Waals surface area contributed by atoms with E-state index in [1.165, 1.54) is 19.5 Å². The molecule has 1 aliphatic carbocycles. The first-order valence-corrected chi connectivity index (χ1v) is 5.15. The third-order valence-corrected chi connectivity index (χ3v) is 3.40. The molecule has 1 heteroatoms. The Kier molecular flexibility index (Phi) is 1.50. The summed E-state index contributed by atoms with van der Waals surface area (Å²) in [6.07, 6.45) is 1.41. The van der Waals surface area contributed by atoms with Crippen molar-refractivity contribution in [1.82, 2.24) is 4.90 Å². The minimum absolute atomic E-state index is 0.882. The number of rotatable bonds is 1. The molecule has 0 aromatic heterocycles. The van der Waals surface area contributed by atoms with E-state index in [9.17, 15) is 0 Å². The molecule has 1 aromatic carbocycles. The van der Waals surface area contributed by atoms with Gasteiger partial charge in [0, 0.05) is 19.1 Å². The van der Waals surface area contributed by atoms with Crippen LogP contribution in [0.4, 0.5) is 0 Å². The van der Waals surface area contributed by atoms with Crippen molar-refractivity contribution in [3.05, 3.63) is 35.4 Å². The molecule has 2 unspecified atom stereocenters. The van der Waals surface area contributed by atoms with E-state index in [4.69, 9.17) is 0 Å². The van der Waals surface area contributed by atoms with Gasteiger partial charge in [-0.2, -0.15) is 0 Å². The Balaban J connectivity index is 1.82. The summed E-state index contributed by atoms with van der Waals surface area (Å²) in [4.78, 5) is 2.62. The number of hydrogen-bond acceptors (Lipinski definition) is 1. The summed E-state index contributed by atoms with van der Waals surface area (Å²) in [5.74, 6) is 0.939. The van der Waals surface area contributed by atoms with E-state index in [1.54, 1.807) is 11.1 Å². The Morgan fingerprint density at radius 2 is 1.69 bits per heavy atom. The van der Waals surface area contributed by atoms with Crippen LogP contribution in [-0.2, 0) is 13.1 Å². The Morgan fingerprint density at radius 3 is 2.15 bits per heavy atom. The molecule has 0 N–H and O–H groups in total. The highest BCUT2D eigenvalue weighted by atomic mass is 15.2. The minimum Gasteiger partial charge on any atom is -0.292 e. The van der Waals surface area contributed by atoms with Crippen LogP contribution in [0.5, 0.6) is 0 Å². The smallest absolute Gasteiger partial charge is 0.0243 e. The summed E-state index contributed by atoms with van der Waals surface area (Å²) in [5.41, 5.74) is 3.09. The van der Waals surface area contributed by atoms with Gasteiger partial charge >= 0.3 is 0 Å². The zero-order valence-electron chi connectivity index (χ0n) is 8.03. The van der Waals surface area contributed by atoms with Gasteiger partial charge in [0.05, 0.1) is 0 Å². The molecule has 1 aliphatic heterocycles. The lowest BCUT2D eigenvalue weighted by Crippen LogP contribution is -2.19. The Morgan fingerprint density at radius 1 is 1.15 bits per heavy atom. The molecule has 2 aliphatic rings. The molecule has 68 valence electrons. The predicted octanol–water partition coefficient (Wildman–Crippen LogP) is 2.41. The third kappa shape index (κ3) is 1.19. The number of fused-ring (bicyclic) bond motifs is 1. The first kappa shape index (κ1) is 7.57. The van der Waals surface area contributed by atoms with E-state index in [-0.39, 0.29) is 0 Å². The van der Waals surface area contributed by atoms with Gasteiger partial charge in [-0.05, 0) is 23.5 Å². The van der Waals surface area contributed by atoms with Crippen molar-refractivity contribution in [2.45, 2.75) is 32.5 Å². The van der Waals surface area contributed by atoms with E-state index in [0.29, 0.717) is 0 Å². The molecule has 1 aromatic rings. The maximum Gasteiger partial charge on any atom is 0.0243 e. The maximum atomic E-state index is 2.62. The van der Waals surface area contributed by atoms with Gasteiger partial charge in [0.1, 0.15) is 0 Å². The highest BCUT2D eigenvalue weighted by Crippen LogP contribution is 2.39. The van der Waals surface area contributed by atoms with E-state index < -0.39 is 0 Å². The van der Waals surface area contributed by atoms with Gasteiger partial charge < -0.3 is 0 Å². The second kappa shape index (κ2) is 2.58. The van der Waals surface area contributed by atoms with Crippen molar-refractivity contribution in [2.24, 2.45) is 5.92 Å². The highest BCUT2D eigenvalue weighted by molar-refractivity contribution is 5.30. The summed E-state index contributed by atoms with van der Waals surface area (Å²) in [7, 11) is 0. The SMILES string of the molecule is CC1CC1N1Cc2ccccc2C1. The fourth-order valence-electron chi connectivity index (χ4n) is 2.41. The number of benzene rings is 1. The van der Waals surface area contributed by atoms with Crippen molar-refractivity contribution in [2.75, 3.05) is 0 Å². The second-order valence-corrected chi connectivity index (χ2v) is 4.45. The topological polar surface area (TPSA) is 3.24 Å². The lowest BCUT2D eigenvalue weighted by molar-refractivity contribution is 0.262. The lowest BCUT2D eigenvalue weighted by Gasteiger charge is -2.13. The van der Waals surface area contributed by atoms with E-state index in [2.05, 4.69) is 36.1 Å². The van der Waals surface area contributed by atoms with Crippen molar-refractivity contribution in [3.8, 4) is 0 Å². The zero-order chi connectivity index (χ0) is 8.84. The molecule has 0 bridgehead atoms. The molecule has 0 saturated heterocycles. The average Bonchev–Trinajstić information content (AvgIpc) is 2.74. The molecule has 1 nitrogen and oxygen atoms in total. The molecule has 2 atom stereocenters. The van der Waals surface area contributed by atoms with Crippen molar-refractivity contribution in [1.29, 1.82) is 0 Å². The van der Waals surface area contributed by atoms with Crippen LogP contribution in [-0.4, -0.2) is 10.9 Å². The van der Waals surface area contributed by atoms with Gasteiger partial charge in [0.25, 0.3) is 0 Å². The van der Waals surface area contributed by atoms with Crippen LogP contribution in [0, 0.1) is 5.92 Å². The fourth-order valence-corrected chi connectivity index (χ4v) is 2.41. The van der Waals surface area contributed by atoms with Crippen LogP contribution >= 0.6 is 0 Å². The molecule has 0 spiro atoms. The zero-order valence-corrected chi connectivity index (χ0v) is 8.03. The first-order valence-electron chi connectivity index (χ1n) is 5.15. The standard InChI is InChI=1S/C12H15N/c1-9-6-12(9)13-7-10-4-2-3-5-11(10)8-13/h2-5,9,12H,6-8H2,1H3. The van der Waals surface area contributed by atoms with Crippen molar-refractivity contribution >= 4 is 0 Å². The molecular weight excluding hydrogens is 158 g/mol. The quantitative estimate of drug-likeness (QED) is 0.630. The molecule has 3 rings (SSSR count). The number of hydrogen-bond donors (Lipinski definition) is 0. The fraction of sp³-hybridized carbons (Fsp3) is 0.500. The molecule has 1 saturated carbocycles. The van der Waals surface area contributed by atoms with Crippen LogP contribution < -0.4 is 0 Å². The van der Waals surface area contributed by atoms with E-state index in [0.717, 1.165) is 12.0 Å². The maximum absolute atomic E-state index is 2.62. The van der Waals surface area contributed by atoms with Crippen LogP contribution in [0.2, 0.25) is 0 Å². The third-order valence-electron chi connectivity index (χ3n) is 3.40. The van der Waals surface area contributed by atoms with Gasteiger partial charge in [-0.25, -0.2) is 0 Å². The normalized spacial score (nSPS) is 31.8. The lowest BCUT2D eigenvalue weighted by atomic mass is 10.1. The first-order chi connectivity index (χ1) is 6.34. The molecule has 0 radical (unpaired) electrons. The monoisotopic (exact) mass is 173 g/mol. The van der Waals surface area contributed by atoms with Gasteiger partial charge in [-0.15, -0.1) is 0 Å². The Bertz CT molecular complexity index is 307.